The van der Waals surface area contributed by atoms with Crippen molar-refractivity contribution in [3.8, 4) is 0 Å². The predicted molar refractivity (Wildman–Crippen MR) is 109 cm³/mol. The van der Waals surface area contributed by atoms with Crippen LogP contribution < -0.4 is 10.2 Å². The van der Waals surface area contributed by atoms with Crippen LogP contribution in [0.25, 0.3) is 0 Å². The number of likely N-dealkylation sites (tertiary alicyclic amines) is 1. The van der Waals surface area contributed by atoms with E-state index in [4.69, 9.17) is 4.42 Å². The SMILES string of the molecule is Cc1cc(CN2CCC(CNC(=O)c3ccc(N(C)C)cc3)CC2)c(C)o1. The number of carbonyl (C=O) groups is 1. The number of furan rings is 1. The highest BCUT2D eigenvalue weighted by Gasteiger charge is 2.21. The van der Waals surface area contributed by atoms with Gasteiger partial charge in [0.1, 0.15) is 11.5 Å². The third-order valence-electron chi connectivity index (χ3n) is 5.44. The van der Waals surface area contributed by atoms with Crippen LogP contribution in [0.4, 0.5) is 5.69 Å². The first-order chi connectivity index (χ1) is 12.9. The lowest BCUT2D eigenvalue weighted by molar-refractivity contribution is 0.0935. The van der Waals surface area contributed by atoms with Crippen LogP contribution in [0.2, 0.25) is 0 Å². The van der Waals surface area contributed by atoms with E-state index in [1.165, 1.54) is 5.56 Å². The lowest BCUT2D eigenvalue weighted by Crippen LogP contribution is -2.38. The zero-order valence-electron chi connectivity index (χ0n) is 16.9. The van der Waals surface area contributed by atoms with Gasteiger partial charge in [0.25, 0.3) is 5.91 Å². The minimum Gasteiger partial charge on any atom is -0.466 e. The van der Waals surface area contributed by atoms with E-state index in [2.05, 4.69) is 16.3 Å². The number of amides is 1. The van der Waals surface area contributed by atoms with Gasteiger partial charge in [0.2, 0.25) is 0 Å². The molecule has 146 valence electrons. The zero-order valence-corrected chi connectivity index (χ0v) is 16.9. The van der Waals surface area contributed by atoms with Gasteiger partial charge in [0.05, 0.1) is 0 Å². The normalized spacial score (nSPS) is 15.7. The number of aryl methyl sites for hydroxylation is 2. The number of carbonyl (C=O) groups excluding carboxylic acids is 1. The van der Waals surface area contributed by atoms with Gasteiger partial charge in [0, 0.05) is 44.0 Å². The van der Waals surface area contributed by atoms with Gasteiger partial charge in [-0.15, -0.1) is 0 Å². The Bertz CT molecular complexity index is 756. The molecular formula is C22H31N3O2. The summed E-state index contributed by atoms with van der Waals surface area (Å²) in [5.74, 6) is 2.59. The molecule has 1 N–H and O–H groups in total. The molecule has 1 aromatic carbocycles. The minimum atomic E-state index is 0.0206. The standard InChI is InChI=1S/C22H31N3O2/c1-16-13-20(17(2)27-16)15-25-11-9-18(10-12-25)14-23-22(26)19-5-7-21(8-6-19)24(3)4/h5-8,13,18H,9-12,14-15H2,1-4H3,(H,23,26). The van der Waals surface area contributed by atoms with Gasteiger partial charge in [-0.25, -0.2) is 0 Å². The van der Waals surface area contributed by atoms with E-state index in [-0.39, 0.29) is 5.91 Å². The maximum Gasteiger partial charge on any atom is 0.251 e. The molecule has 3 rings (SSSR count). The van der Waals surface area contributed by atoms with Gasteiger partial charge in [-0.1, -0.05) is 0 Å². The maximum absolute atomic E-state index is 12.4. The Morgan fingerprint density at radius 1 is 1.19 bits per heavy atom. The molecule has 27 heavy (non-hydrogen) atoms. The first-order valence-electron chi connectivity index (χ1n) is 9.76. The molecule has 0 aliphatic carbocycles. The summed E-state index contributed by atoms with van der Waals surface area (Å²) in [6.45, 7) is 7.89. The fourth-order valence-corrected chi connectivity index (χ4v) is 3.68. The van der Waals surface area contributed by atoms with Crippen LogP contribution in [0.1, 0.15) is 40.3 Å². The number of nitrogens with one attached hydrogen (secondary N) is 1. The Hall–Kier alpha value is -2.27. The third kappa shape index (κ3) is 5.13. The molecule has 1 aliphatic heterocycles. The van der Waals surface area contributed by atoms with Crippen molar-refractivity contribution >= 4 is 11.6 Å². The Kier molecular flexibility index (Phi) is 6.22. The first kappa shape index (κ1) is 19.5. The number of benzene rings is 1. The molecule has 2 heterocycles. The Labute approximate surface area is 162 Å². The second-order valence-corrected chi connectivity index (χ2v) is 7.81. The molecule has 0 unspecified atom stereocenters. The van der Waals surface area contributed by atoms with E-state index in [0.717, 1.165) is 61.8 Å². The van der Waals surface area contributed by atoms with Gasteiger partial charge >= 0.3 is 0 Å². The molecule has 1 aromatic heterocycles. The number of rotatable bonds is 6. The number of hydrogen-bond donors (Lipinski definition) is 1. The van der Waals surface area contributed by atoms with E-state index < -0.39 is 0 Å². The summed E-state index contributed by atoms with van der Waals surface area (Å²) >= 11 is 0. The summed E-state index contributed by atoms with van der Waals surface area (Å²) in [5, 5.41) is 3.11. The molecule has 0 bridgehead atoms. The van der Waals surface area contributed by atoms with Crippen molar-refractivity contribution in [1.29, 1.82) is 0 Å². The van der Waals surface area contributed by atoms with E-state index in [9.17, 15) is 4.79 Å². The highest BCUT2D eigenvalue weighted by atomic mass is 16.3. The quantitative estimate of drug-likeness (QED) is 0.845. The monoisotopic (exact) mass is 369 g/mol. The molecule has 1 saturated heterocycles. The van der Waals surface area contributed by atoms with Crippen molar-refractivity contribution < 1.29 is 9.21 Å². The summed E-state index contributed by atoms with van der Waals surface area (Å²) in [6.07, 6.45) is 2.24. The maximum atomic E-state index is 12.4. The molecule has 0 saturated carbocycles. The number of hydrogen-bond acceptors (Lipinski definition) is 4. The number of anilines is 1. The van der Waals surface area contributed by atoms with Crippen LogP contribution in [0.5, 0.6) is 0 Å². The average molecular weight is 370 g/mol. The third-order valence-corrected chi connectivity index (χ3v) is 5.44. The fraction of sp³-hybridized carbons (Fsp3) is 0.500. The number of piperidine rings is 1. The molecule has 1 amide bonds. The smallest absolute Gasteiger partial charge is 0.251 e. The van der Waals surface area contributed by atoms with Crippen LogP contribution in [-0.2, 0) is 6.54 Å². The van der Waals surface area contributed by atoms with Crippen molar-refractivity contribution in [3.63, 3.8) is 0 Å². The van der Waals surface area contributed by atoms with Crippen molar-refractivity contribution in [3.05, 3.63) is 53.0 Å². The van der Waals surface area contributed by atoms with Crippen LogP contribution in [0.15, 0.2) is 34.7 Å². The lowest BCUT2D eigenvalue weighted by Gasteiger charge is -2.31. The van der Waals surface area contributed by atoms with Gasteiger partial charge in [-0.3, -0.25) is 9.69 Å². The lowest BCUT2D eigenvalue weighted by atomic mass is 9.96. The van der Waals surface area contributed by atoms with E-state index in [1.807, 2.05) is 57.1 Å². The molecule has 0 spiro atoms. The molecular weight excluding hydrogens is 338 g/mol. The van der Waals surface area contributed by atoms with Gasteiger partial charge in [-0.05, 0) is 76.0 Å². The van der Waals surface area contributed by atoms with Crippen molar-refractivity contribution in [2.24, 2.45) is 5.92 Å². The van der Waals surface area contributed by atoms with E-state index in [0.29, 0.717) is 5.92 Å². The summed E-state index contributed by atoms with van der Waals surface area (Å²) in [5.41, 5.74) is 3.12. The molecule has 0 atom stereocenters. The minimum absolute atomic E-state index is 0.0206. The van der Waals surface area contributed by atoms with Crippen LogP contribution in [0, 0.1) is 19.8 Å². The topological polar surface area (TPSA) is 48.7 Å². The highest BCUT2D eigenvalue weighted by molar-refractivity contribution is 5.94. The number of nitrogens with zero attached hydrogens (tertiary/aromatic N) is 2. The average Bonchev–Trinajstić information content (AvgIpc) is 2.98. The van der Waals surface area contributed by atoms with Crippen molar-refractivity contribution in [2.75, 3.05) is 38.6 Å². The van der Waals surface area contributed by atoms with Gasteiger partial charge in [-0.2, -0.15) is 0 Å². The van der Waals surface area contributed by atoms with Crippen LogP contribution >= 0.6 is 0 Å². The van der Waals surface area contributed by atoms with Gasteiger partial charge < -0.3 is 14.6 Å². The molecule has 5 nitrogen and oxygen atoms in total. The molecule has 0 radical (unpaired) electrons. The van der Waals surface area contributed by atoms with Crippen molar-refractivity contribution in [2.45, 2.75) is 33.2 Å². The van der Waals surface area contributed by atoms with Crippen LogP contribution in [0.3, 0.4) is 0 Å². The van der Waals surface area contributed by atoms with E-state index >= 15 is 0 Å². The Balaban J connectivity index is 1.42. The highest BCUT2D eigenvalue weighted by Crippen LogP contribution is 2.21. The largest absolute Gasteiger partial charge is 0.466 e. The summed E-state index contributed by atoms with van der Waals surface area (Å²) < 4.78 is 5.63. The summed E-state index contributed by atoms with van der Waals surface area (Å²) in [7, 11) is 3.99. The second kappa shape index (κ2) is 8.61. The fourth-order valence-electron chi connectivity index (χ4n) is 3.68. The molecule has 2 aromatic rings. The van der Waals surface area contributed by atoms with E-state index in [1.54, 1.807) is 0 Å². The predicted octanol–water partition coefficient (Wildman–Crippen LogP) is 3.60. The summed E-state index contributed by atoms with van der Waals surface area (Å²) in [4.78, 5) is 16.9. The zero-order chi connectivity index (χ0) is 19.4. The first-order valence-corrected chi connectivity index (χ1v) is 9.76. The van der Waals surface area contributed by atoms with Crippen molar-refractivity contribution in [1.82, 2.24) is 10.2 Å². The summed E-state index contributed by atoms with van der Waals surface area (Å²) in [6, 6.07) is 9.88. The molecule has 5 heteroatoms. The van der Waals surface area contributed by atoms with Crippen LogP contribution in [-0.4, -0.2) is 44.5 Å². The Morgan fingerprint density at radius 3 is 2.41 bits per heavy atom. The molecule has 1 fully saturated rings. The van der Waals surface area contributed by atoms with Gasteiger partial charge in [0.15, 0.2) is 0 Å². The second-order valence-electron chi connectivity index (χ2n) is 7.81. The Morgan fingerprint density at radius 2 is 1.85 bits per heavy atom. The molecule has 1 aliphatic rings.